The van der Waals surface area contributed by atoms with Crippen LogP contribution in [0, 0.1) is 6.92 Å². The number of azide groups is 1. The van der Waals surface area contributed by atoms with Gasteiger partial charge in [-0.2, -0.15) is 4.80 Å². The summed E-state index contributed by atoms with van der Waals surface area (Å²) in [5, 5.41) is 13.1. The Labute approximate surface area is 119 Å². The highest BCUT2D eigenvalue weighted by atomic mass is 35.5. The molecule has 0 aliphatic carbocycles. The molecule has 3 rings (SSSR count). The lowest BCUT2D eigenvalue weighted by Crippen LogP contribution is -1.97. The first kappa shape index (κ1) is 12.5. The summed E-state index contributed by atoms with van der Waals surface area (Å²) >= 11 is 5.86. The van der Waals surface area contributed by atoms with Gasteiger partial charge in [-0.15, -0.1) is 10.2 Å². The number of rotatable bonds is 2. The molecule has 98 valence electrons. The van der Waals surface area contributed by atoms with E-state index in [4.69, 9.17) is 17.1 Å². The van der Waals surface area contributed by atoms with Crippen molar-refractivity contribution in [3.05, 3.63) is 57.4 Å². The Hall–Kier alpha value is -2.56. The third-order valence-electron chi connectivity index (χ3n) is 2.91. The SMILES string of the molecule is Cc1cc2nn(-c3ccc(Cl)cc3)nc2cc1N=[N+]=[N-]. The van der Waals surface area contributed by atoms with Crippen LogP contribution >= 0.6 is 11.6 Å². The van der Waals surface area contributed by atoms with Crippen LogP contribution in [0.3, 0.4) is 0 Å². The summed E-state index contributed by atoms with van der Waals surface area (Å²) in [6.45, 7) is 1.87. The standard InChI is InChI=1S/C13H9ClN6/c1-8-6-12-13(7-11(8)16-19-15)18-20(17-12)10-4-2-9(14)3-5-10/h2-7H,1H3. The van der Waals surface area contributed by atoms with E-state index in [-0.39, 0.29) is 0 Å². The van der Waals surface area contributed by atoms with Crippen molar-refractivity contribution in [2.75, 3.05) is 0 Å². The number of halogens is 1. The minimum atomic E-state index is 0.558. The van der Waals surface area contributed by atoms with Crippen molar-refractivity contribution in [3.8, 4) is 5.69 Å². The zero-order chi connectivity index (χ0) is 14.1. The first-order valence-electron chi connectivity index (χ1n) is 5.86. The van der Waals surface area contributed by atoms with Crippen molar-refractivity contribution in [2.45, 2.75) is 6.92 Å². The van der Waals surface area contributed by atoms with Gasteiger partial charge < -0.3 is 0 Å². The molecule has 6 nitrogen and oxygen atoms in total. The summed E-state index contributed by atoms with van der Waals surface area (Å²) in [6.07, 6.45) is 0. The molecule has 3 aromatic rings. The lowest BCUT2D eigenvalue weighted by molar-refractivity contribution is 0.766. The van der Waals surface area contributed by atoms with Crippen LogP contribution in [0.4, 0.5) is 5.69 Å². The Morgan fingerprint density at radius 3 is 2.45 bits per heavy atom. The molecule has 0 unspecified atom stereocenters. The fourth-order valence-electron chi connectivity index (χ4n) is 1.90. The molecule has 1 heterocycles. The first-order valence-corrected chi connectivity index (χ1v) is 6.24. The summed E-state index contributed by atoms with van der Waals surface area (Å²) < 4.78 is 0. The Kier molecular flexibility index (Phi) is 3.02. The third kappa shape index (κ3) is 2.18. The lowest BCUT2D eigenvalue weighted by atomic mass is 10.2. The summed E-state index contributed by atoms with van der Waals surface area (Å²) in [5.41, 5.74) is 12.2. The van der Waals surface area contributed by atoms with Gasteiger partial charge in [-0.1, -0.05) is 16.7 Å². The van der Waals surface area contributed by atoms with E-state index >= 15 is 0 Å². The maximum Gasteiger partial charge on any atom is 0.114 e. The van der Waals surface area contributed by atoms with Crippen LogP contribution in [0.2, 0.25) is 5.02 Å². The summed E-state index contributed by atoms with van der Waals surface area (Å²) in [4.78, 5) is 4.33. The van der Waals surface area contributed by atoms with Gasteiger partial charge in [-0.3, -0.25) is 0 Å². The predicted octanol–water partition coefficient (Wildman–Crippen LogP) is 4.32. The molecule has 0 bridgehead atoms. The van der Waals surface area contributed by atoms with Crippen molar-refractivity contribution in [3.63, 3.8) is 0 Å². The molecule has 0 saturated heterocycles. The summed E-state index contributed by atoms with van der Waals surface area (Å²) in [7, 11) is 0. The van der Waals surface area contributed by atoms with Crippen LogP contribution in [0.25, 0.3) is 27.2 Å². The highest BCUT2D eigenvalue weighted by molar-refractivity contribution is 6.30. The fourth-order valence-corrected chi connectivity index (χ4v) is 2.03. The molecule has 0 aliphatic heterocycles. The van der Waals surface area contributed by atoms with E-state index in [0.29, 0.717) is 16.2 Å². The second-order valence-corrected chi connectivity index (χ2v) is 4.72. The van der Waals surface area contributed by atoms with E-state index in [9.17, 15) is 0 Å². The number of aryl methyl sites for hydroxylation is 1. The van der Waals surface area contributed by atoms with Gasteiger partial charge in [0.15, 0.2) is 0 Å². The van der Waals surface area contributed by atoms with E-state index in [1.54, 1.807) is 18.2 Å². The topological polar surface area (TPSA) is 79.5 Å². The van der Waals surface area contributed by atoms with Gasteiger partial charge in [0.25, 0.3) is 0 Å². The van der Waals surface area contributed by atoms with Crippen molar-refractivity contribution in [1.29, 1.82) is 0 Å². The quantitative estimate of drug-likeness (QED) is 0.399. The molecular weight excluding hydrogens is 276 g/mol. The fraction of sp³-hybridized carbons (Fsp3) is 0.0769. The Morgan fingerprint density at radius 2 is 1.80 bits per heavy atom. The third-order valence-corrected chi connectivity index (χ3v) is 3.16. The second kappa shape index (κ2) is 4.85. The average Bonchev–Trinajstić information content (AvgIpc) is 2.83. The summed E-state index contributed by atoms with van der Waals surface area (Å²) in [5.74, 6) is 0. The molecule has 0 saturated carbocycles. The largest absolute Gasteiger partial charge is 0.150 e. The molecule has 0 fully saturated rings. The van der Waals surface area contributed by atoms with Crippen LogP contribution in [0.1, 0.15) is 5.56 Å². The van der Waals surface area contributed by atoms with Gasteiger partial charge >= 0.3 is 0 Å². The van der Waals surface area contributed by atoms with Crippen LogP contribution in [0.5, 0.6) is 0 Å². The van der Waals surface area contributed by atoms with E-state index in [0.717, 1.165) is 16.8 Å². The Balaban J connectivity index is 2.15. The summed E-state index contributed by atoms with van der Waals surface area (Å²) in [6, 6.07) is 10.8. The average molecular weight is 285 g/mol. The Morgan fingerprint density at radius 1 is 1.15 bits per heavy atom. The number of nitrogens with zero attached hydrogens (tertiary/aromatic N) is 6. The molecular formula is C13H9ClN6. The molecule has 1 aromatic heterocycles. The van der Waals surface area contributed by atoms with Gasteiger partial charge in [0.1, 0.15) is 11.0 Å². The molecule has 0 spiro atoms. The van der Waals surface area contributed by atoms with Crippen molar-refractivity contribution < 1.29 is 0 Å². The van der Waals surface area contributed by atoms with E-state index in [1.807, 2.05) is 25.1 Å². The molecule has 0 atom stereocenters. The smallest absolute Gasteiger partial charge is 0.114 e. The monoisotopic (exact) mass is 284 g/mol. The van der Waals surface area contributed by atoms with Crippen LogP contribution in [-0.2, 0) is 0 Å². The zero-order valence-electron chi connectivity index (χ0n) is 10.5. The Bertz CT molecular complexity index is 830. The van der Waals surface area contributed by atoms with Crippen LogP contribution < -0.4 is 0 Å². The first-order chi connectivity index (χ1) is 9.67. The predicted molar refractivity (Wildman–Crippen MR) is 77.4 cm³/mol. The minimum absolute atomic E-state index is 0.558. The van der Waals surface area contributed by atoms with Gasteiger partial charge in [0.05, 0.1) is 5.69 Å². The van der Waals surface area contributed by atoms with Crippen molar-refractivity contribution >= 4 is 28.3 Å². The van der Waals surface area contributed by atoms with Crippen molar-refractivity contribution in [2.24, 2.45) is 5.11 Å². The number of aromatic nitrogens is 3. The van der Waals surface area contributed by atoms with Gasteiger partial charge in [-0.05, 0) is 54.4 Å². The normalized spacial score (nSPS) is 10.5. The number of hydrogen-bond donors (Lipinski definition) is 0. The van der Waals surface area contributed by atoms with Gasteiger partial charge in [0.2, 0.25) is 0 Å². The molecule has 2 aromatic carbocycles. The van der Waals surface area contributed by atoms with E-state index < -0.39 is 0 Å². The molecule has 0 radical (unpaired) electrons. The van der Waals surface area contributed by atoms with E-state index in [1.165, 1.54) is 4.80 Å². The van der Waals surface area contributed by atoms with Crippen molar-refractivity contribution in [1.82, 2.24) is 15.0 Å². The second-order valence-electron chi connectivity index (χ2n) is 4.28. The molecule has 0 aliphatic rings. The molecule has 7 heteroatoms. The number of benzene rings is 2. The molecule has 0 amide bonds. The maximum atomic E-state index is 8.53. The van der Waals surface area contributed by atoms with Crippen LogP contribution in [0.15, 0.2) is 41.5 Å². The number of fused-ring (bicyclic) bond motifs is 1. The molecule has 20 heavy (non-hydrogen) atoms. The zero-order valence-corrected chi connectivity index (χ0v) is 11.3. The van der Waals surface area contributed by atoms with Gasteiger partial charge in [0, 0.05) is 15.6 Å². The van der Waals surface area contributed by atoms with E-state index in [2.05, 4.69) is 20.2 Å². The lowest BCUT2D eigenvalue weighted by Gasteiger charge is -1.97. The number of hydrogen-bond acceptors (Lipinski definition) is 3. The molecule has 0 N–H and O–H groups in total. The minimum Gasteiger partial charge on any atom is -0.150 e. The maximum absolute atomic E-state index is 8.53. The highest BCUT2D eigenvalue weighted by Crippen LogP contribution is 2.24. The van der Waals surface area contributed by atoms with Crippen LogP contribution in [-0.4, -0.2) is 15.0 Å². The van der Waals surface area contributed by atoms with Gasteiger partial charge in [-0.25, -0.2) is 0 Å². The highest BCUT2D eigenvalue weighted by Gasteiger charge is 2.07.